The average Bonchev–Trinajstić information content (AvgIpc) is 2.92. The fourth-order valence-corrected chi connectivity index (χ4v) is 5.52. The maximum Gasteiger partial charge on any atom is 0.254 e. The summed E-state index contributed by atoms with van der Waals surface area (Å²) in [4.78, 5) is 26.7. The van der Waals surface area contributed by atoms with Crippen molar-refractivity contribution in [3.05, 3.63) is 26.6 Å². The van der Waals surface area contributed by atoms with E-state index in [-0.39, 0.29) is 33.6 Å². The molecular formula is C19H24Cl2N2O2S. The number of fused-ring (bicyclic) bond motifs is 1. The maximum atomic E-state index is 12.9. The Labute approximate surface area is 168 Å². The van der Waals surface area contributed by atoms with E-state index < -0.39 is 0 Å². The minimum Gasteiger partial charge on any atom is -0.352 e. The van der Waals surface area contributed by atoms with Gasteiger partial charge in [-0.1, -0.05) is 37.0 Å². The van der Waals surface area contributed by atoms with Crippen molar-refractivity contribution in [2.75, 3.05) is 11.9 Å². The second kappa shape index (κ2) is 7.53. The molecule has 142 valence electrons. The summed E-state index contributed by atoms with van der Waals surface area (Å²) in [6, 6.07) is 0. The van der Waals surface area contributed by atoms with Gasteiger partial charge in [-0.25, -0.2) is 0 Å². The van der Waals surface area contributed by atoms with Crippen LogP contribution in [0, 0.1) is 17.3 Å². The number of allylic oxidation sites excluding steroid dienone is 1. The second-order valence-corrected chi connectivity index (χ2v) is 9.66. The third kappa shape index (κ3) is 3.67. The van der Waals surface area contributed by atoms with E-state index in [0.717, 1.165) is 31.2 Å². The molecule has 7 heteroatoms. The summed E-state index contributed by atoms with van der Waals surface area (Å²) in [5.74, 6) is -0.362. The molecule has 2 aliphatic rings. The molecule has 1 heterocycles. The molecule has 2 atom stereocenters. The summed E-state index contributed by atoms with van der Waals surface area (Å²) in [6.07, 6.45) is 5.82. The van der Waals surface area contributed by atoms with Crippen LogP contribution in [0.25, 0.3) is 0 Å². The lowest BCUT2D eigenvalue weighted by Gasteiger charge is -2.13. The summed E-state index contributed by atoms with van der Waals surface area (Å²) in [7, 11) is 0. The summed E-state index contributed by atoms with van der Waals surface area (Å²) < 4.78 is 0.188. The first-order chi connectivity index (χ1) is 12.3. The zero-order chi connectivity index (χ0) is 19.1. The van der Waals surface area contributed by atoms with Crippen LogP contribution in [-0.2, 0) is 17.6 Å². The van der Waals surface area contributed by atoms with Gasteiger partial charge in [-0.2, -0.15) is 0 Å². The van der Waals surface area contributed by atoms with Crippen LogP contribution < -0.4 is 10.6 Å². The fraction of sp³-hybridized carbons (Fsp3) is 0.579. The quantitative estimate of drug-likeness (QED) is 0.718. The zero-order valence-electron chi connectivity index (χ0n) is 15.2. The summed E-state index contributed by atoms with van der Waals surface area (Å²) >= 11 is 13.1. The summed E-state index contributed by atoms with van der Waals surface area (Å²) in [6.45, 7) is 6.51. The Hall–Kier alpha value is -1.04. The predicted molar refractivity (Wildman–Crippen MR) is 108 cm³/mol. The SMILES string of the molecule is CCNC(=O)c1c(NC(=O)C2C(C=C(Cl)Cl)C2(C)C)sc2c1CCCC2. The molecule has 2 N–H and O–H groups in total. The number of hydrogen-bond acceptors (Lipinski definition) is 3. The van der Waals surface area contributed by atoms with Crippen LogP contribution in [0.2, 0.25) is 0 Å². The molecule has 4 nitrogen and oxygen atoms in total. The predicted octanol–water partition coefficient (Wildman–Crippen LogP) is 4.91. The minimum atomic E-state index is -0.198. The molecule has 2 unspecified atom stereocenters. The van der Waals surface area contributed by atoms with Crippen molar-refractivity contribution in [3.8, 4) is 0 Å². The Balaban J connectivity index is 1.86. The molecular weight excluding hydrogens is 391 g/mol. The topological polar surface area (TPSA) is 58.2 Å². The minimum absolute atomic E-state index is 0.00926. The molecule has 1 aromatic rings. The van der Waals surface area contributed by atoms with E-state index in [0.29, 0.717) is 17.1 Å². The lowest BCUT2D eigenvalue weighted by Crippen LogP contribution is -2.26. The Kier molecular flexibility index (Phi) is 5.71. The lowest BCUT2D eigenvalue weighted by molar-refractivity contribution is -0.118. The molecule has 26 heavy (non-hydrogen) atoms. The van der Waals surface area contributed by atoms with E-state index in [1.54, 1.807) is 17.4 Å². The van der Waals surface area contributed by atoms with Crippen molar-refractivity contribution in [2.45, 2.75) is 46.5 Å². The smallest absolute Gasteiger partial charge is 0.254 e. The van der Waals surface area contributed by atoms with Gasteiger partial charge < -0.3 is 10.6 Å². The second-order valence-electron chi connectivity index (χ2n) is 7.54. The number of hydrogen-bond donors (Lipinski definition) is 2. The van der Waals surface area contributed by atoms with E-state index in [1.165, 1.54) is 4.88 Å². The van der Waals surface area contributed by atoms with Crippen LogP contribution in [0.5, 0.6) is 0 Å². The molecule has 1 fully saturated rings. The van der Waals surface area contributed by atoms with Crippen molar-refractivity contribution >= 4 is 51.4 Å². The first-order valence-corrected chi connectivity index (χ1v) is 10.6. The molecule has 2 amide bonds. The van der Waals surface area contributed by atoms with Gasteiger partial charge in [-0.15, -0.1) is 11.3 Å². The van der Waals surface area contributed by atoms with Crippen LogP contribution in [0.3, 0.4) is 0 Å². The first-order valence-electron chi connectivity index (χ1n) is 9.03. The van der Waals surface area contributed by atoms with Gasteiger partial charge in [0.15, 0.2) is 0 Å². The fourth-order valence-electron chi connectivity index (χ4n) is 3.96. The van der Waals surface area contributed by atoms with Gasteiger partial charge in [0.05, 0.1) is 11.5 Å². The number of anilines is 1. The van der Waals surface area contributed by atoms with Crippen LogP contribution in [0.15, 0.2) is 10.6 Å². The van der Waals surface area contributed by atoms with E-state index in [2.05, 4.69) is 10.6 Å². The molecule has 0 aliphatic heterocycles. The summed E-state index contributed by atoms with van der Waals surface area (Å²) in [5, 5.41) is 6.59. The Morgan fingerprint density at radius 3 is 2.62 bits per heavy atom. The molecule has 1 saturated carbocycles. The molecule has 0 spiro atoms. The van der Waals surface area contributed by atoms with Crippen molar-refractivity contribution < 1.29 is 9.59 Å². The molecule has 0 bridgehead atoms. The maximum absolute atomic E-state index is 12.9. The molecule has 2 aliphatic carbocycles. The first kappa shape index (κ1) is 19.7. The van der Waals surface area contributed by atoms with Gasteiger partial charge in [0.2, 0.25) is 5.91 Å². The van der Waals surface area contributed by atoms with Gasteiger partial charge in [0.25, 0.3) is 5.91 Å². The van der Waals surface area contributed by atoms with Gasteiger partial charge in [0.1, 0.15) is 9.49 Å². The Morgan fingerprint density at radius 2 is 1.96 bits per heavy atom. The van der Waals surface area contributed by atoms with Gasteiger partial charge >= 0.3 is 0 Å². The van der Waals surface area contributed by atoms with Crippen molar-refractivity contribution in [2.24, 2.45) is 17.3 Å². The molecule has 3 rings (SSSR count). The van der Waals surface area contributed by atoms with Gasteiger partial charge in [-0.05, 0) is 55.6 Å². The van der Waals surface area contributed by atoms with Gasteiger partial charge in [-0.3, -0.25) is 9.59 Å². The number of carbonyl (C=O) groups is 2. The highest BCUT2D eigenvalue weighted by atomic mass is 35.5. The Bertz CT molecular complexity index is 766. The number of amides is 2. The standard InChI is InChI=1S/C19H24Cl2N2O2S/c1-4-22-16(24)14-10-7-5-6-8-12(10)26-18(14)23-17(25)15-11(9-13(20)21)19(15,2)3/h9,11,15H,4-8H2,1-3H3,(H,22,24)(H,23,25). The number of carbonyl (C=O) groups excluding carboxylic acids is 2. The molecule has 1 aromatic heterocycles. The Morgan fingerprint density at radius 1 is 1.27 bits per heavy atom. The average molecular weight is 415 g/mol. The monoisotopic (exact) mass is 414 g/mol. The van der Waals surface area contributed by atoms with Crippen molar-refractivity contribution in [1.82, 2.24) is 5.32 Å². The largest absolute Gasteiger partial charge is 0.352 e. The highest BCUT2D eigenvalue weighted by molar-refractivity contribution is 7.17. The van der Waals surface area contributed by atoms with Crippen LogP contribution in [0.4, 0.5) is 5.00 Å². The number of nitrogens with one attached hydrogen (secondary N) is 2. The van der Waals surface area contributed by atoms with Crippen molar-refractivity contribution in [3.63, 3.8) is 0 Å². The van der Waals surface area contributed by atoms with Crippen LogP contribution in [-0.4, -0.2) is 18.4 Å². The third-order valence-electron chi connectivity index (χ3n) is 5.47. The van der Waals surface area contributed by atoms with Crippen molar-refractivity contribution in [1.29, 1.82) is 0 Å². The number of aryl methyl sites for hydroxylation is 1. The van der Waals surface area contributed by atoms with E-state index >= 15 is 0 Å². The van der Waals surface area contributed by atoms with E-state index in [9.17, 15) is 9.59 Å². The number of halogens is 2. The third-order valence-corrected chi connectivity index (χ3v) is 6.93. The normalized spacial score (nSPS) is 23.0. The highest BCUT2D eigenvalue weighted by Crippen LogP contribution is 2.60. The van der Waals surface area contributed by atoms with E-state index in [4.69, 9.17) is 23.2 Å². The number of rotatable bonds is 5. The molecule has 0 saturated heterocycles. The molecule has 0 radical (unpaired) electrons. The molecule has 0 aromatic carbocycles. The van der Waals surface area contributed by atoms with Gasteiger partial charge in [0, 0.05) is 11.4 Å². The lowest BCUT2D eigenvalue weighted by atomic mass is 9.95. The highest BCUT2D eigenvalue weighted by Gasteiger charge is 2.60. The van der Waals surface area contributed by atoms with Crippen LogP contribution in [0.1, 0.15) is 54.4 Å². The van der Waals surface area contributed by atoms with E-state index in [1.807, 2.05) is 20.8 Å². The number of thiophene rings is 1. The zero-order valence-corrected chi connectivity index (χ0v) is 17.6. The summed E-state index contributed by atoms with van der Waals surface area (Å²) in [5.41, 5.74) is 1.57. The van der Waals surface area contributed by atoms with Crippen LogP contribution >= 0.6 is 34.5 Å².